The van der Waals surface area contributed by atoms with Crippen molar-refractivity contribution >= 4 is 195 Å². The molecule has 0 atom stereocenters. The van der Waals surface area contributed by atoms with Gasteiger partial charge >= 0.3 is 0 Å². The van der Waals surface area contributed by atoms with Gasteiger partial charge in [-0.05, 0) is 252 Å². The third-order valence-electron chi connectivity index (χ3n) is 30.6. The van der Waals surface area contributed by atoms with Crippen molar-refractivity contribution in [2.45, 2.75) is 19.3 Å². The molecule has 13 heteroatoms. The molecule has 10 aromatic heterocycles. The van der Waals surface area contributed by atoms with Gasteiger partial charge in [0.15, 0.2) is 17.5 Å². The van der Waals surface area contributed by atoms with Crippen LogP contribution in [0.5, 0.6) is 0 Å². The highest BCUT2D eigenvalue weighted by Gasteiger charge is 2.36. The molecule has 31 aromatic rings. The minimum Gasteiger partial charge on any atom is -0.455 e. The smallest absolute Gasteiger partial charge is 0.165 e. The van der Waals surface area contributed by atoms with E-state index in [1.165, 1.54) is 140 Å². The highest BCUT2D eigenvalue weighted by Crippen LogP contribution is 2.52. The molecule has 0 aliphatic heterocycles. The fourth-order valence-corrected chi connectivity index (χ4v) is 24.5. The number of pyridine rings is 2. The van der Waals surface area contributed by atoms with E-state index in [0.29, 0.717) is 11.6 Å². The highest BCUT2D eigenvalue weighted by atomic mass is 32.1. The summed E-state index contributed by atoms with van der Waals surface area (Å²) in [6.45, 7) is 4.69. The molecule has 10 heterocycles. The maximum Gasteiger partial charge on any atom is 0.165 e. The summed E-state index contributed by atoms with van der Waals surface area (Å²) in [6.07, 6.45) is 3.69. The van der Waals surface area contributed by atoms with Gasteiger partial charge < -0.3 is 4.42 Å². The normalized spacial score (nSPS) is 12.4. The van der Waals surface area contributed by atoms with Gasteiger partial charge in [-0.25, -0.2) is 29.9 Å². The average molecular weight is 1930 g/mol. The number of furan rings is 1. The average Bonchev–Trinajstić information content (AvgIpc) is 1.55. The standard InChI is InChI=1S/C51H33N3O.C44H27N5.C42H25N3S/c1-51(2)42-19-8-5-14-34(42)35-24-22-33(28-43(35)51)32-23-25-45-40(27-32)41-26-30-12-3-4-13-31(30)29-46(41)54(45)50-38-16-6-9-20-44(38)52-49(53-50)39-18-11-17-37-36-15-7-10-21-47(36)55-48(37)39;1-2-9-28(10-3-1)32-19-21-41-36(24-32)37-23-30-11-4-5-12-31(30)26-42(37)49(41)44-35-14-6-7-15-39(35)47-43(48-44)34-18-20-38(46-27-34)33-17-16-29-13-8-22-45-40(29)25-33;1-2-11-26(12-3-1)29-21-22-37-34(24-29)35-23-27-13-4-5-14-28(27)25-38(35)45(37)42-32-16-6-8-19-36(32)43-41(44-42)33-18-10-17-31-30-15-7-9-20-39(30)46-40(31)33/h3-29H,1-2H3;1-27H;1-25H. The summed E-state index contributed by atoms with van der Waals surface area (Å²) >= 11 is 1.81. The number of benzene rings is 21. The van der Waals surface area contributed by atoms with Crippen LogP contribution in [0.15, 0.2) is 484 Å². The van der Waals surface area contributed by atoms with Gasteiger partial charge in [-0.2, -0.15) is 0 Å². The molecule has 700 valence electrons. The van der Waals surface area contributed by atoms with E-state index in [2.05, 4.69) is 463 Å². The first-order chi connectivity index (χ1) is 74.1. The Balaban J connectivity index is 0.000000104. The van der Waals surface area contributed by atoms with E-state index in [4.69, 9.17) is 39.3 Å². The number of aromatic nitrogens is 11. The predicted molar refractivity (Wildman–Crippen MR) is 623 cm³/mol. The first-order valence-corrected chi connectivity index (χ1v) is 51.6. The summed E-state index contributed by atoms with van der Waals surface area (Å²) in [5, 5.41) is 23.1. The lowest BCUT2D eigenvalue weighted by atomic mass is 9.81. The van der Waals surface area contributed by atoms with E-state index in [-0.39, 0.29) is 5.41 Å². The topological polar surface area (TPSA) is 131 Å². The molecule has 0 saturated carbocycles. The first-order valence-electron chi connectivity index (χ1n) is 50.8. The Bertz CT molecular complexity index is 11100. The van der Waals surface area contributed by atoms with Gasteiger partial charge in [-0.1, -0.05) is 317 Å². The zero-order valence-corrected chi connectivity index (χ0v) is 82.2. The Hall–Kier alpha value is -19.6. The van der Waals surface area contributed by atoms with Crippen molar-refractivity contribution in [2.24, 2.45) is 0 Å². The van der Waals surface area contributed by atoms with Crippen LogP contribution in [0.25, 0.3) is 291 Å². The minimum absolute atomic E-state index is 0.0700. The summed E-state index contributed by atoms with van der Waals surface area (Å²) in [4.78, 5) is 41.0. The molecular formula is C137H85N11OS. The summed E-state index contributed by atoms with van der Waals surface area (Å²) in [5.74, 6) is 4.57. The SMILES string of the molecule is CC1(C)c2ccccc2-c2ccc(-c3ccc4c(c3)c3cc5ccccc5cc3n4-c3nc(-c4cccc5c4oc4ccccc45)nc4ccccc34)cc21.c1ccc(-c2ccc3c(c2)c2cc4ccccc4cc2n3-c2nc(-c3ccc(-c4ccc5cccnc5c4)nc3)nc3ccccc23)cc1.c1ccc(-c2ccc3c(c2)c2cc4ccccc4cc2n3-c2nc(-c3cccc4c3sc3ccccc34)nc3ccccc23)cc1. The lowest BCUT2D eigenvalue weighted by Gasteiger charge is -2.22. The number of para-hydroxylation sites is 5. The molecule has 0 unspecified atom stereocenters. The van der Waals surface area contributed by atoms with E-state index in [1.807, 2.05) is 60.1 Å². The third-order valence-corrected chi connectivity index (χ3v) is 31.8. The fourth-order valence-electron chi connectivity index (χ4n) is 23.3. The molecule has 32 rings (SSSR count). The van der Waals surface area contributed by atoms with Crippen LogP contribution in [0.1, 0.15) is 25.0 Å². The molecule has 21 aromatic carbocycles. The Morgan fingerprint density at radius 3 is 1.19 bits per heavy atom. The molecule has 1 aliphatic carbocycles. The third kappa shape index (κ3) is 14.0. The quantitative estimate of drug-likeness (QED) is 0.131. The number of fused-ring (bicyclic) bond motifs is 25. The van der Waals surface area contributed by atoms with E-state index < -0.39 is 0 Å². The van der Waals surface area contributed by atoms with Crippen molar-refractivity contribution in [2.75, 3.05) is 0 Å². The lowest BCUT2D eigenvalue weighted by molar-refractivity contribution is 0.660. The molecule has 0 spiro atoms. The zero-order valence-electron chi connectivity index (χ0n) is 81.3. The molecule has 0 radical (unpaired) electrons. The van der Waals surface area contributed by atoms with E-state index in [9.17, 15) is 0 Å². The number of thiophene rings is 1. The molecule has 150 heavy (non-hydrogen) atoms. The second kappa shape index (κ2) is 34.3. The van der Waals surface area contributed by atoms with Crippen molar-refractivity contribution < 1.29 is 4.42 Å². The number of nitrogens with zero attached hydrogens (tertiary/aromatic N) is 11. The number of hydrogen-bond acceptors (Lipinski definition) is 10. The first kappa shape index (κ1) is 85.9. The van der Waals surface area contributed by atoms with E-state index in [0.717, 1.165) is 150 Å². The van der Waals surface area contributed by atoms with Gasteiger partial charge in [-0.15, -0.1) is 11.3 Å². The molecule has 1 aliphatic rings. The van der Waals surface area contributed by atoms with Crippen LogP contribution in [-0.2, 0) is 5.41 Å². The Labute approximate surface area is 863 Å². The Kier molecular flexibility index (Phi) is 19.6. The van der Waals surface area contributed by atoms with E-state index >= 15 is 0 Å². The largest absolute Gasteiger partial charge is 0.455 e. The monoisotopic (exact) mass is 1930 g/mol. The number of rotatable bonds is 10. The molecule has 12 nitrogen and oxygen atoms in total. The zero-order chi connectivity index (χ0) is 98.9. The molecular weight excluding hydrogens is 1850 g/mol. The number of hydrogen-bond donors (Lipinski definition) is 0. The molecule has 0 N–H and O–H groups in total. The highest BCUT2D eigenvalue weighted by molar-refractivity contribution is 7.26. The molecule has 0 saturated heterocycles. The summed E-state index contributed by atoms with van der Waals surface area (Å²) < 4.78 is 16.0. The van der Waals surface area contributed by atoms with Crippen molar-refractivity contribution in [1.82, 2.24) is 53.6 Å². The molecule has 0 bridgehead atoms. The summed E-state index contributed by atoms with van der Waals surface area (Å²) in [6, 6.07) is 166. The predicted octanol–water partition coefficient (Wildman–Crippen LogP) is 35.8. The molecule has 0 amide bonds. The van der Waals surface area contributed by atoms with Crippen LogP contribution in [0, 0.1) is 0 Å². The van der Waals surface area contributed by atoms with Crippen molar-refractivity contribution in [3.8, 4) is 107 Å². The van der Waals surface area contributed by atoms with Gasteiger partial charge in [0, 0.05) is 119 Å². The van der Waals surface area contributed by atoms with Crippen molar-refractivity contribution in [3.63, 3.8) is 0 Å². The maximum atomic E-state index is 6.50. The van der Waals surface area contributed by atoms with Crippen LogP contribution >= 0.6 is 11.3 Å². The fraction of sp³-hybridized carbons (Fsp3) is 0.0219. The van der Waals surface area contributed by atoms with Gasteiger partial charge in [0.1, 0.15) is 28.6 Å². The Morgan fingerprint density at radius 1 is 0.227 bits per heavy atom. The van der Waals surface area contributed by atoms with Crippen LogP contribution in [0.3, 0.4) is 0 Å². The second-order valence-electron chi connectivity index (χ2n) is 39.6. The van der Waals surface area contributed by atoms with Crippen LogP contribution < -0.4 is 0 Å². The van der Waals surface area contributed by atoms with Crippen molar-refractivity contribution in [3.05, 3.63) is 491 Å². The summed E-state index contributed by atoms with van der Waals surface area (Å²) in [7, 11) is 0. The second-order valence-corrected chi connectivity index (χ2v) is 40.6. The van der Waals surface area contributed by atoms with Gasteiger partial charge in [0.05, 0.1) is 66.4 Å². The van der Waals surface area contributed by atoms with E-state index in [1.54, 1.807) is 0 Å². The minimum atomic E-state index is -0.0700. The van der Waals surface area contributed by atoms with Gasteiger partial charge in [0.2, 0.25) is 0 Å². The van der Waals surface area contributed by atoms with Crippen LogP contribution in [0.4, 0.5) is 0 Å². The van der Waals surface area contributed by atoms with Gasteiger partial charge in [-0.3, -0.25) is 23.7 Å². The lowest BCUT2D eigenvalue weighted by Crippen LogP contribution is -2.14. The molecule has 0 fully saturated rings. The van der Waals surface area contributed by atoms with Crippen molar-refractivity contribution in [1.29, 1.82) is 0 Å². The van der Waals surface area contributed by atoms with Crippen LogP contribution in [0.2, 0.25) is 0 Å². The maximum absolute atomic E-state index is 6.50. The summed E-state index contributed by atoms with van der Waals surface area (Å²) in [5.41, 5.74) is 29.2. The van der Waals surface area contributed by atoms with Gasteiger partial charge in [0.25, 0.3) is 0 Å². The Morgan fingerprint density at radius 2 is 0.633 bits per heavy atom. The van der Waals surface area contributed by atoms with Crippen LogP contribution in [-0.4, -0.2) is 53.6 Å².